The van der Waals surface area contributed by atoms with Crippen LogP contribution in [0, 0.1) is 0 Å². The van der Waals surface area contributed by atoms with Gasteiger partial charge in [0.1, 0.15) is 6.33 Å². The van der Waals surface area contributed by atoms with E-state index in [9.17, 15) is 0 Å². The van der Waals surface area contributed by atoms with Crippen LogP contribution in [0.5, 0.6) is 0 Å². The maximum absolute atomic E-state index is 5.53. The highest BCUT2D eigenvalue weighted by atomic mass is 35.5. The van der Waals surface area contributed by atoms with Crippen LogP contribution in [-0.4, -0.2) is 26.4 Å². The molecule has 3 nitrogen and oxygen atoms in total. The monoisotopic (exact) mass is 191 g/mol. The molecule has 0 spiro atoms. The molecular weight excluding hydrogens is 182 g/mol. The second kappa shape index (κ2) is 4.62. The Morgan fingerprint density at radius 2 is 2.55 bits per heavy atom. The summed E-state index contributed by atoms with van der Waals surface area (Å²) in [5.41, 5.74) is 0. The van der Waals surface area contributed by atoms with Gasteiger partial charge >= 0.3 is 0 Å². The Bertz CT molecular complexity index is 213. The highest BCUT2D eigenvalue weighted by Gasteiger charge is 1.98. The standard InChI is InChI=1S/C6H10ClN3S/c1-10-6(8-5-9-10)11-4-2-3-7/h5H,2-4H2,1H3. The molecule has 0 aromatic carbocycles. The lowest BCUT2D eigenvalue weighted by molar-refractivity contribution is 0.685. The predicted molar refractivity (Wildman–Crippen MR) is 47.1 cm³/mol. The number of rotatable bonds is 4. The molecule has 11 heavy (non-hydrogen) atoms. The summed E-state index contributed by atoms with van der Waals surface area (Å²) in [6.07, 6.45) is 2.57. The molecule has 0 aliphatic carbocycles. The fourth-order valence-corrected chi connectivity index (χ4v) is 1.75. The molecule has 0 amide bonds. The van der Waals surface area contributed by atoms with Gasteiger partial charge in [0.15, 0.2) is 5.16 Å². The average Bonchev–Trinajstić information content (AvgIpc) is 2.37. The van der Waals surface area contributed by atoms with Crippen molar-refractivity contribution in [1.82, 2.24) is 14.8 Å². The van der Waals surface area contributed by atoms with Crippen LogP contribution in [0.2, 0.25) is 0 Å². The van der Waals surface area contributed by atoms with Gasteiger partial charge in [0.05, 0.1) is 0 Å². The van der Waals surface area contributed by atoms with E-state index >= 15 is 0 Å². The molecule has 0 saturated carbocycles. The first-order chi connectivity index (χ1) is 5.34. The van der Waals surface area contributed by atoms with Gasteiger partial charge in [0.2, 0.25) is 0 Å². The molecule has 1 aromatic heterocycles. The minimum atomic E-state index is 0.713. The highest BCUT2D eigenvalue weighted by molar-refractivity contribution is 7.99. The molecule has 0 saturated heterocycles. The van der Waals surface area contributed by atoms with Gasteiger partial charge in [-0.1, -0.05) is 11.8 Å². The molecule has 5 heteroatoms. The molecule has 0 aliphatic heterocycles. The third-order valence-electron chi connectivity index (χ3n) is 1.18. The van der Waals surface area contributed by atoms with Gasteiger partial charge in [-0.2, -0.15) is 5.10 Å². The summed E-state index contributed by atoms with van der Waals surface area (Å²) in [4.78, 5) is 4.06. The molecule has 0 radical (unpaired) electrons. The molecule has 0 fully saturated rings. The first kappa shape index (κ1) is 8.87. The quantitative estimate of drug-likeness (QED) is 0.411. The zero-order valence-electron chi connectivity index (χ0n) is 6.33. The van der Waals surface area contributed by atoms with Crippen molar-refractivity contribution in [2.45, 2.75) is 11.6 Å². The van der Waals surface area contributed by atoms with Gasteiger partial charge in [-0.15, -0.1) is 11.6 Å². The van der Waals surface area contributed by atoms with E-state index in [1.54, 1.807) is 22.8 Å². The highest BCUT2D eigenvalue weighted by Crippen LogP contribution is 2.13. The largest absolute Gasteiger partial charge is 0.244 e. The number of thioether (sulfide) groups is 1. The Kier molecular flexibility index (Phi) is 3.72. The second-order valence-electron chi connectivity index (χ2n) is 2.06. The molecule has 0 N–H and O–H groups in total. The van der Waals surface area contributed by atoms with Gasteiger partial charge in [-0.05, 0) is 6.42 Å². The van der Waals surface area contributed by atoms with Gasteiger partial charge in [0.25, 0.3) is 0 Å². The van der Waals surface area contributed by atoms with Crippen LogP contribution in [0.1, 0.15) is 6.42 Å². The topological polar surface area (TPSA) is 30.7 Å². The molecular formula is C6H10ClN3S. The maximum Gasteiger partial charge on any atom is 0.185 e. The molecule has 62 valence electrons. The van der Waals surface area contributed by atoms with Crippen molar-refractivity contribution in [3.8, 4) is 0 Å². The minimum Gasteiger partial charge on any atom is -0.244 e. The summed E-state index contributed by atoms with van der Waals surface area (Å²) in [6.45, 7) is 0. The van der Waals surface area contributed by atoms with Crippen molar-refractivity contribution >= 4 is 23.4 Å². The molecule has 0 unspecified atom stereocenters. The van der Waals surface area contributed by atoms with E-state index in [1.165, 1.54) is 0 Å². The van der Waals surface area contributed by atoms with E-state index in [2.05, 4.69) is 10.1 Å². The Labute approximate surface area is 75.1 Å². The summed E-state index contributed by atoms with van der Waals surface area (Å²) >= 11 is 7.21. The number of aryl methyl sites for hydroxylation is 1. The molecule has 0 aliphatic rings. The van der Waals surface area contributed by atoms with Crippen LogP contribution in [-0.2, 0) is 7.05 Å². The van der Waals surface area contributed by atoms with E-state index in [1.807, 2.05) is 7.05 Å². The van der Waals surface area contributed by atoms with Crippen molar-refractivity contribution in [3.05, 3.63) is 6.33 Å². The van der Waals surface area contributed by atoms with E-state index in [0.29, 0.717) is 5.88 Å². The van der Waals surface area contributed by atoms with Gasteiger partial charge < -0.3 is 0 Å². The third kappa shape index (κ3) is 2.71. The number of halogens is 1. The van der Waals surface area contributed by atoms with Crippen molar-refractivity contribution in [3.63, 3.8) is 0 Å². The smallest absolute Gasteiger partial charge is 0.185 e. The van der Waals surface area contributed by atoms with Crippen LogP contribution < -0.4 is 0 Å². The fourth-order valence-electron chi connectivity index (χ4n) is 0.634. The number of hydrogen-bond acceptors (Lipinski definition) is 3. The van der Waals surface area contributed by atoms with Crippen LogP contribution in [0.4, 0.5) is 0 Å². The molecule has 0 atom stereocenters. The van der Waals surface area contributed by atoms with E-state index < -0.39 is 0 Å². The zero-order valence-corrected chi connectivity index (χ0v) is 7.90. The van der Waals surface area contributed by atoms with Crippen LogP contribution in [0.15, 0.2) is 11.5 Å². The summed E-state index contributed by atoms with van der Waals surface area (Å²) in [7, 11) is 1.88. The van der Waals surface area contributed by atoms with Crippen molar-refractivity contribution in [2.24, 2.45) is 7.05 Å². The Morgan fingerprint density at radius 1 is 1.73 bits per heavy atom. The number of hydrogen-bond donors (Lipinski definition) is 0. The summed E-state index contributed by atoms with van der Waals surface area (Å²) in [6, 6.07) is 0. The normalized spacial score (nSPS) is 10.4. The van der Waals surface area contributed by atoms with Crippen molar-refractivity contribution in [1.29, 1.82) is 0 Å². The van der Waals surface area contributed by atoms with Crippen LogP contribution in [0.3, 0.4) is 0 Å². The number of nitrogens with zero attached hydrogens (tertiary/aromatic N) is 3. The predicted octanol–water partition coefficient (Wildman–Crippen LogP) is 1.54. The third-order valence-corrected chi connectivity index (χ3v) is 2.57. The Hall–Kier alpha value is -0.220. The lowest BCUT2D eigenvalue weighted by atomic mass is 10.6. The van der Waals surface area contributed by atoms with Gasteiger partial charge in [-0.3, -0.25) is 0 Å². The SMILES string of the molecule is Cn1ncnc1SCCCCl. The van der Waals surface area contributed by atoms with E-state index in [4.69, 9.17) is 11.6 Å². The molecule has 1 heterocycles. The second-order valence-corrected chi connectivity index (χ2v) is 3.50. The maximum atomic E-state index is 5.53. The number of alkyl halides is 1. The summed E-state index contributed by atoms with van der Waals surface area (Å²) < 4.78 is 1.76. The lowest BCUT2D eigenvalue weighted by Gasteiger charge is -1.96. The van der Waals surface area contributed by atoms with E-state index in [0.717, 1.165) is 17.3 Å². The van der Waals surface area contributed by atoms with Gasteiger partial charge in [0, 0.05) is 18.7 Å². The summed E-state index contributed by atoms with van der Waals surface area (Å²) in [5.74, 6) is 1.72. The average molecular weight is 192 g/mol. The Morgan fingerprint density at radius 3 is 3.09 bits per heavy atom. The Balaban J connectivity index is 2.32. The molecule has 0 bridgehead atoms. The minimum absolute atomic E-state index is 0.713. The first-order valence-corrected chi connectivity index (χ1v) is 4.89. The molecule has 1 rings (SSSR count). The van der Waals surface area contributed by atoms with Crippen LogP contribution in [0.25, 0.3) is 0 Å². The zero-order chi connectivity index (χ0) is 8.10. The fraction of sp³-hybridized carbons (Fsp3) is 0.667. The van der Waals surface area contributed by atoms with Crippen molar-refractivity contribution in [2.75, 3.05) is 11.6 Å². The summed E-state index contributed by atoms with van der Waals surface area (Å²) in [5, 5.41) is 4.90. The first-order valence-electron chi connectivity index (χ1n) is 3.37. The lowest BCUT2D eigenvalue weighted by Crippen LogP contribution is -1.93. The van der Waals surface area contributed by atoms with Gasteiger partial charge in [-0.25, -0.2) is 9.67 Å². The van der Waals surface area contributed by atoms with E-state index in [-0.39, 0.29) is 0 Å². The number of aromatic nitrogens is 3. The molecule has 1 aromatic rings. The van der Waals surface area contributed by atoms with Crippen molar-refractivity contribution < 1.29 is 0 Å². The van der Waals surface area contributed by atoms with Crippen LogP contribution >= 0.6 is 23.4 Å².